The molecule has 0 aromatic carbocycles. The SMILES string of the molecule is C[C@]12CC[C@H](C=CCCO)C[C@@]1(O)CC[C@@H]2C=NOCCN.O=C(O)C(=O)O. The molecule has 0 aromatic rings. The molecule has 2 saturated carbocycles. The molecule has 2 aliphatic rings. The minimum atomic E-state index is -1.82. The number of nitrogens with two attached hydrogens (primary N) is 1. The second-order valence-electron chi connectivity index (χ2n) is 7.52. The van der Waals surface area contributed by atoms with Crippen molar-refractivity contribution in [2.24, 2.45) is 28.1 Å². The van der Waals surface area contributed by atoms with E-state index >= 15 is 0 Å². The van der Waals surface area contributed by atoms with E-state index in [1.54, 1.807) is 0 Å². The Balaban J connectivity index is 0.000000568. The number of carboxylic acids is 2. The second-order valence-corrected chi connectivity index (χ2v) is 7.52. The Bertz CT molecular complexity index is 569. The Hall–Kier alpha value is -1.97. The van der Waals surface area contributed by atoms with Gasteiger partial charge in [-0.2, -0.15) is 0 Å². The van der Waals surface area contributed by atoms with Crippen LogP contribution in [-0.4, -0.2) is 63.9 Å². The number of rotatable bonds is 7. The summed E-state index contributed by atoms with van der Waals surface area (Å²) < 4.78 is 0. The molecule has 0 radical (unpaired) electrons. The molecule has 0 aliphatic heterocycles. The lowest BCUT2D eigenvalue weighted by atomic mass is 9.60. The van der Waals surface area contributed by atoms with E-state index in [-0.39, 0.29) is 17.9 Å². The van der Waals surface area contributed by atoms with Gasteiger partial charge in [0.15, 0.2) is 0 Å². The molecule has 0 bridgehead atoms. The number of carboxylic acid groups (broad SMARTS) is 2. The molecule has 0 spiro atoms. The standard InChI is InChI=1S/C17H30N2O3.C2H2O4/c1-16-7-5-14(4-2-3-10-20)12-17(16,21)8-6-15(16)13-19-22-11-9-18;3-1(4)2(5)6/h2,4,13-15,20-21H,3,5-12,18H2,1H3;(H,3,4)(H,5,6)/t14-,15+,16+,17-;/m0./s1. The van der Waals surface area contributed by atoms with Crippen LogP contribution in [0.25, 0.3) is 0 Å². The van der Waals surface area contributed by atoms with Gasteiger partial charge in [-0.05, 0) is 44.4 Å². The predicted octanol–water partition coefficient (Wildman–Crippen LogP) is 0.989. The highest BCUT2D eigenvalue weighted by molar-refractivity contribution is 6.27. The number of hydrogen-bond acceptors (Lipinski definition) is 7. The molecule has 0 heterocycles. The molecule has 0 unspecified atom stereocenters. The summed E-state index contributed by atoms with van der Waals surface area (Å²) in [5.74, 6) is -2.98. The fourth-order valence-corrected chi connectivity index (χ4v) is 4.11. The van der Waals surface area contributed by atoms with Crippen LogP contribution in [-0.2, 0) is 14.4 Å². The first-order valence-corrected chi connectivity index (χ1v) is 9.52. The maximum Gasteiger partial charge on any atom is 0.414 e. The number of aliphatic hydroxyl groups is 2. The van der Waals surface area contributed by atoms with E-state index < -0.39 is 17.5 Å². The number of aliphatic hydroxyl groups excluding tert-OH is 1. The number of nitrogens with zero attached hydrogens (tertiary/aromatic N) is 1. The van der Waals surface area contributed by atoms with Gasteiger partial charge in [-0.15, -0.1) is 0 Å². The molecule has 160 valence electrons. The molecule has 2 aliphatic carbocycles. The van der Waals surface area contributed by atoms with Gasteiger partial charge in [-0.3, -0.25) is 0 Å². The summed E-state index contributed by atoms with van der Waals surface area (Å²) in [6.45, 7) is 3.27. The van der Waals surface area contributed by atoms with Gasteiger partial charge >= 0.3 is 11.9 Å². The lowest BCUT2D eigenvalue weighted by Gasteiger charge is -2.48. The van der Waals surface area contributed by atoms with Crippen LogP contribution in [0.1, 0.15) is 45.4 Å². The maximum atomic E-state index is 11.2. The van der Waals surface area contributed by atoms with Crippen LogP contribution in [0.3, 0.4) is 0 Å². The van der Waals surface area contributed by atoms with Crippen molar-refractivity contribution >= 4 is 18.2 Å². The normalized spacial score (nSPS) is 32.0. The van der Waals surface area contributed by atoms with E-state index in [1.807, 2.05) is 12.3 Å². The monoisotopic (exact) mass is 400 g/mol. The highest BCUT2D eigenvalue weighted by Crippen LogP contribution is 2.58. The molecule has 0 saturated heterocycles. The fourth-order valence-electron chi connectivity index (χ4n) is 4.11. The number of allylic oxidation sites excluding steroid dienone is 1. The first-order chi connectivity index (χ1) is 13.2. The average Bonchev–Trinajstić information content (AvgIpc) is 2.90. The smallest absolute Gasteiger partial charge is 0.414 e. The summed E-state index contributed by atoms with van der Waals surface area (Å²) in [6, 6.07) is 0. The van der Waals surface area contributed by atoms with Crippen molar-refractivity contribution in [3.05, 3.63) is 12.2 Å². The van der Waals surface area contributed by atoms with E-state index in [9.17, 15) is 5.11 Å². The lowest BCUT2D eigenvalue weighted by molar-refractivity contribution is -0.159. The largest absolute Gasteiger partial charge is 0.473 e. The average molecular weight is 400 g/mol. The van der Waals surface area contributed by atoms with E-state index in [1.165, 1.54) is 0 Å². The zero-order valence-corrected chi connectivity index (χ0v) is 16.3. The van der Waals surface area contributed by atoms with Gasteiger partial charge in [0.2, 0.25) is 0 Å². The van der Waals surface area contributed by atoms with Crippen LogP contribution in [0.4, 0.5) is 0 Å². The summed E-state index contributed by atoms with van der Waals surface area (Å²) in [5.41, 5.74) is 4.64. The van der Waals surface area contributed by atoms with Crippen LogP contribution in [0.5, 0.6) is 0 Å². The number of hydrogen-bond donors (Lipinski definition) is 5. The van der Waals surface area contributed by atoms with Crippen molar-refractivity contribution < 1.29 is 34.9 Å². The van der Waals surface area contributed by atoms with Gasteiger partial charge in [-0.1, -0.05) is 24.2 Å². The zero-order valence-electron chi connectivity index (χ0n) is 16.3. The van der Waals surface area contributed by atoms with Gasteiger partial charge in [0.25, 0.3) is 0 Å². The number of aliphatic carboxylic acids is 2. The quantitative estimate of drug-likeness (QED) is 0.139. The fraction of sp³-hybridized carbons (Fsp3) is 0.737. The van der Waals surface area contributed by atoms with Crippen molar-refractivity contribution in [2.75, 3.05) is 19.8 Å². The Labute approximate surface area is 164 Å². The van der Waals surface area contributed by atoms with Crippen LogP contribution < -0.4 is 5.73 Å². The van der Waals surface area contributed by atoms with Crippen molar-refractivity contribution in [3.63, 3.8) is 0 Å². The third-order valence-corrected chi connectivity index (χ3v) is 5.80. The molecular weight excluding hydrogens is 368 g/mol. The molecule has 28 heavy (non-hydrogen) atoms. The first-order valence-electron chi connectivity index (χ1n) is 9.52. The molecule has 2 rings (SSSR count). The highest BCUT2D eigenvalue weighted by atomic mass is 16.6. The van der Waals surface area contributed by atoms with Crippen LogP contribution >= 0.6 is 0 Å². The number of fused-ring (bicyclic) bond motifs is 1. The Morgan fingerprint density at radius 3 is 2.50 bits per heavy atom. The summed E-state index contributed by atoms with van der Waals surface area (Å²) in [5, 5.41) is 38.8. The van der Waals surface area contributed by atoms with Gasteiger partial charge < -0.3 is 31.0 Å². The van der Waals surface area contributed by atoms with Crippen molar-refractivity contribution in [1.82, 2.24) is 0 Å². The zero-order chi connectivity index (χ0) is 21.2. The van der Waals surface area contributed by atoms with Crippen LogP contribution in [0.2, 0.25) is 0 Å². The highest BCUT2D eigenvalue weighted by Gasteiger charge is 2.58. The molecule has 9 nitrogen and oxygen atoms in total. The van der Waals surface area contributed by atoms with Gasteiger partial charge in [-0.25, -0.2) is 9.59 Å². The van der Waals surface area contributed by atoms with Crippen molar-refractivity contribution in [3.8, 4) is 0 Å². The maximum absolute atomic E-state index is 11.2. The third-order valence-electron chi connectivity index (χ3n) is 5.80. The van der Waals surface area contributed by atoms with E-state index in [4.69, 9.17) is 35.5 Å². The lowest BCUT2D eigenvalue weighted by Crippen LogP contribution is -2.49. The molecule has 4 atom stereocenters. The van der Waals surface area contributed by atoms with E-state index in [0.29, 0.717) is 25.5 Å². The summed E-state index contributed by atoms with van der Waals surface area (Å²) in [7, 11) is 0. The second kappa shape index (κ2) is 11.1. The predicted molar refractivity (Wildman–Crippen MR) is 103 cm³/mol. The summed E-state index contributed by atoms with van der Waals surface area (Å²) in [4.78, 5) is 23.3. The van der Waals surface area contributed by atoms with Crippen LogP contribution in [0.15, 0.2) is 17.3 Å². The minimum Gasteiger partial charge on any atom is -0.473 e. The third kappa shape index (κ3) is 6.29. The topological polar surface area (TPSA) is 163 Å². The Morgan fingerprint density at radius 1 is 1.25 bits per heavy atom. The minimum absolute atomic E-state index is 0.121. The summed E-state index contributed by atoms with van der Waals surface area (Å²) >= 11 is 0. The molecule has 0 amide bonds. The molecule has 9 heteroatoms. The summed E-state index contributed by atoms with van der Waals surface area (Å²) in [6.07, 6.45) is 11.4. The molecule has 2 fully saturated rings. The number of carbonyl (C=O) groups is 2. The van der Waals surface area contributed by atoms with Crippen molar-refractivity contribution in [2.45, 2.75) is 51.0 Å². The van der Waals surface area contributed by atoms with Crippen LogP contribution in [0, 0.1) is 17.3 Å². The Morgan fingerprint density at radius 2 is 1.93 bits per heavy atom. The van der Waals surface area contributed by atoms with Gasteiger partial charge in [0, 0.05) is 30.7 Å². The molecular formula is C19H32N2O7. The van der Waals surface area contributed by atoms with E-state index in [0.717, 1.165) is 32.1 Å². The van der Waals surface area contributed by atoms with Crippen molar-refractivity contribution in [1.29, 1.82) is 0 Å². The molecule has 0 aromatic heterocycles. The van der Waals surface area contributed by atoms with Gasteiger partial charge in [0.05, 0.1) is 5.60 Å². The Kier molecular flexibility index (Phi) is 9.57. The first kappa shape index (κ1) is 24.1. The number of oxime groups is 1. The van der Waals surface area contributed by atoms with Gasteiger partial charge in [0.1, 0.15) is 6.61 Å². The van der Waals surface area contributed by atoms with E-state index in [2.05, 4.69) is 18.2 Å². The molecule has 6 N–H and O–H groups in total.